The number of ether oxygens (including phenoxy) is 1. The van der Waals surface area contributed by atoms with Gasteiger partial charge in [-0.15, -0.1) is 0 Å². The summed E-state index contributed by atoms with van der Waals surface area (Å²) in [4.78, 5) is 32.9. The van der Waals surface area contributed by atoms with Crippen molar-refractivity contribution in [3.05, 3.63) is 29.6 Å². The molecule has 8 heteroatoms. The third-order valence-corrected chi connectivity index (χ3v) is 4.52. The zero-order chi connectivity index (χ0) is 22.6. The lowest BCUT2D eigenvalue weighted by Gasteiger charge is -2.27. The van der Waals surface area contributed by atoms with Gasteiger partial charge >= 0.3 is 6.09 Å². The molecule has 1 aromatic rings. The summed E-state index contributed by atoms with van der Waals surface area (Å²) in [5.74, 6) is -0.234. The number of amides is 2. The summed E-state index contributed by atoms with van der Waals surface area (Å²) >= 11 is 0. The summed E-state index contributed by atoms with van der Waals surface area (Å²) in [5, 5.41) is 12.2. The zero-order valence-corrected chi connectivity index (χ0v) is 19.1. The fraction of sp³-hybridized carbons (Fsp3) is 0.682. The van der Waals surface area contributed by atoms with Gasteiger partial charge in [-0.05, 0) is 70.9 Å². The molecule has 30 heavy (non-hydrogen) atoms. The number of aliphatic hydroxyl groups excluding tert-OH is 1. The van der Waals surface area contributed by atoms with Gasteiger partial charge in [0.15, 0.2) is 0 Å². The third kappa shape index (κ3) is 10.5. The van der Waals surface area contributed by atoms with Crippen LogP contribution >= 0.6 is 0 Å². The molecule has 0 radical (unpaired) electrons. The normalized spacial score (nSPS) is 11.4. The molecular weight excluding hydrogens is 384 g/mol. The molecule has 0 bridgehead atoms. The predicted molar refractivity (Wildman–Crippen MR) is 117 cm³/mol. The highest BCUT2D eigenvalue weighted by molar-refractivity contribution is 5.82. The Hall–Kier alpha value is -2.19. The van der Waals surface area contributed by atoms with E-state index in [0.717, 1.165) is 32.5 Å². The molecule has 2 amide bonds. The minimum atomic E-state index is -0.670. The highest BCUT2D eigenvalue weighted by atomic mass is 16.6. The Balaban J connectivity index is 2.63. The largest absolute Gasteiger partial charge is 0.444 e. The average molecular weight is 423 g/mol. The Morgan fingerprint density at radius 1 is 1.20 bits per heavy atom. The van der Waals surface area contributed by atoms with Gasteiger partial charge in [-0.2, -0.15) is 0 Å². The number of carbonyl (C=O) groups excluding carboxylic acids is 2. The monoisotopic (exact) mass is 422 g/mol. The van der Waals surface area contributed by atoms with Crippen molar-refractivity contribution in [2.45, 2.75) is 66.2 Å². The molecule has 0 saturated heterocycles. The smallest absolute Gasteiger partial charge is 0.411 e. The molecule has 0 fully saturated rings. The SMILES string of the molecule is CCN(CC)CCCCNC(=O)CN(Cc1cc(CO)ccn1)C(=O)OC(C)(C)C. The predicted octanol–water partition coefficient (Wildman–Crippen LogP) is 2.55. The van der Waals surface area contributed by atoms with Crippen LogP contribution in [0.15, 0.2) is 18.3 Å². The average Bonchev–Trinajstić information content (AvgIpc) is 2.69. The first-order chi connectivity index (χ1) is 14.2. The summed E-state index contributed by atoms with van der Waals surface area (Å²) in [6, 6.07) is 3.41. The van der Waals surface area contributed by atoms with Crippen LogP contribution in [0.1, 0.15) is 58.7 Å². The lowest BCUT2D eigenvalue weighted by Crippen LogP contribution is -2.43. The molecule has 0 aliphatic heterocycles. The van der Waals surface area contributed by atoms with Crippen LogP contribution in [0.3, 0.4) is 0 Å². The molecule has 0 spiro atoms. The van der Waals surface area contributed by atoms with E-state index in [1.165, 1.54) is 4.90 Å². The molecule has 1 heterocycles. The number of rotatable bonds is 12. The minimum Gasteiger partial charge on any atom is -0.444 e. The van der Waals surface area contributed by atoms with Crippen LogP contribution in [0.2, 0.25) is 0 Å². The minimum absolute atomic E-state index is 0.115. The molecule has 0 saturated carbocycles. The summed E-state index contributed by atoms with van der Waals surface area (Å²) in [7, 11) is 0. The van der Waals surface area contributed by atoms with Crippen LogP contribution in [0.25, 0.3) is 0 Å². The Bertz CT molecular complexity index is 657. The van der Waals surface area contributed by atoms with Gasteiger partial charge in [-0.25, -0.2) is 4.79 Å². The number of aliphatic hydroxyl groups is 1. The maximum Gasteiger partial charge on any atom is 0.411 e. The Morgan fingerprint density at radius 2 is 1.90 bits per heavy atom. The van der Waals surface area contributed by atoms with E-state index in [2.05, 4.69) is 29.0 Å². The number of carbonyl (C=O) groups is 2. The number of aromatic nitrogens is 1. The molecule has 170 valence electrons. The molecule has 0 aliphatic rings. The van der Waals surface area contributed by atoms with E-state index < -0.39 is 11.7 Å². The number of pyridine rings is 1. The van der Waals surface area contributed by atoms with Crippen molar-refractivity contribution in [2.75, 3.05) is 32.7 Å². The molecule has 0 atom stereocenters. The molecular formula is C22H38N4O4. The summed E-state index contributed by atoms with van der Waals surface area (Å²) in [6.07, 6.45) is 2.89. The molecule has 0 unspecified atom stereocenters. The highest BCUT2D eigenvalue weighted by Gasteiger charge is 2.24. The standard InChI is InChI=1S/C22H38N4O4/c1-6-25(7-2)13-9-8-11-24-20(28)16-26(21(29)30-22(3,4)5)15-19-14-18(17-27)10-12-23-19/h10,12,14,27H,6-9,11,13,15-17H2,1-5H3,(H,24,28). The van der Waals surface area contributed by atoms with Gasteiger partial charge in [0.1, 0.15) is 12.1 Å². The Labute approximate surface area is 180 Å². The fourth-order valence-corrected chi connectivity index (χ4v) is 2.88. The summed E-state index contributed by atoms with van der Waals surface area (Å²) in [5.41, 5.74) is 0.609. The van der Waals surface area contributed by atoms with Crippen molar-refractivity contribution < 1.29 is 19.4 Å². The molecule has 1 aromatic heterocycles. The molecule has 0 aliphatic carbocycles. The van der Waals surface area contributed by atoms with Crippen molar-refractivity contribution in [1.82, 2.24) is 20.1 Å². The first kappa shape index (κ1) is 25.8. The molecule has 2 N–H and O–H groups in total. The van der Waals surface area contributed by atoms with Crippen LogP contribution in [-0.2, 0) is 22.7 Å². The maximum absolute atomic E-state index is 12.6. The van der Waals surface area contributed by atoms with E-state index in [1.807, 2.05) is 0 Å². The summed E-state index contributed by atoms with van der Waals surface area (Å²) in [6.45, 7) is 13.2. The third-order valence-electron chi connectivity index (χ3n) is 4.52. The van der Waals surface area contributed by atoms with Gasteiger partial charge in [0.25, 0.3) is 0 Å². The Kier molecular flexibility index (Phi) is 11.4. The van der Waals surface area contributed by atoms with Crippen LogP contribution in [0.5, 0.6) is 0 Å². The van der Waals surface area contributed by atoms with E-state index in [1.54, 1.807) is 39.1 Å². The Morgan fingerprint density at radius 3 is 2.50 bits per heavy atom. The van der Waals surface area contributed by atoms with Gasteiger partial charge in [-0.1, -0.05) is 13.8 Å². The number of nitrogens with zero attached hydrogens (tertiary/aromatic N) is 3. The topological polar surface area (TPSA) is 95.0 Å². The second-order valence-electron chi connectivity index (χ2n) is 8.23. The quantitative estimate of drug-likeness (QED) is 0.503. The fourth-order valence-electron chi connectivity index (χ4n) is 2.88. The van der Waals surface area contributed by atoms with Crippen molar-refractivity contribution in [1.29, 1.82) is 0 Å². The highest BCUT2D eigenvalue weighted by Crippen LogP contribution is 2.12. The van der Waals surface area contributed by atoms with Crippen molar-refractivity contribution in [3.63, 3.8) is 0 Å². The summed E-state index contributed by atoms with van der Waals surface area (Å²) < 4.78 is 5.45. The first-order valence-electron chi connectivity index (χ1n) is 10.7. The van der Waals surface area contributed by atoms with E-state index in [9.17, 15) is 14.7 Å². The maximum atomic E-state index is 12.6. The molecule has 1 rings (SSSR count). The van der Waals surface area contributed by atoms with Gasteiger partial charge < -0.3 is 20.1 Å². The zero-order valence-electron chi connectivity index (χ0n) is 19.1. The lowest BCUT2D eigenvalue weighted by atomic mass is 10.2. The van der Waals surface area contributed by atoms with Gasteiger partial charge in [-0.3, -0.25) is 14.7 Å². The number of hydrogen-bond acceptors (Lipinski definition) is 6. The van der Waals surface area contributed by atoms with E-state index in [4.69, 9.17) is 4.74 Å². The van der Waals surface area contributed by atoms with Crippen LogP contribution in [0.4, 0.5) is 4.79 Å². The van der Waals surface area contributed by atoms with E-state index >= 15 is 0 Å². The van der Waals surface area contributed by atoms with Crippen molar-refractivity contribution >= 4 is 12.0 Å². The van der Waals surface area contributed by atoms with Crippen LogP contribution in [-0.4, -0.2) is 70.2 Å². The number of unbranched alkanes of at least 4 members (excludes halogenated alkanes) is 1. The number of nitrogens with one attached hydrogen (secondary N) is 1. The van der Waals surface area contributed by atoms with Crippen molar-refractivity contribution in [2.24, 2.45) is 0 Å². The van der Waals surface area contributed by atoms with Crippen LogP contribution < -0.4 is 5.32 Å². The van der Waals surface area contributed by atoms with Crippen molar-refractivity contribution in [3.8, 4) is 0 Å². The van der Waals surface area contributed by atoms with Gasteiger partial charge in [0.2, 0.25) is 5.91 Å². The second kappa shape index (κ2) is 13.2. The van der Waals surface area contributed by atoms with Gasteiger partial charge in [0, 0.05) is 12.7 Å². The molecule has 0 aromatic carbocycles. The van der Waals surface area contributed by atoms with E-state index in [0.29, 0.717) is 17.8 Å². The number of hydrogen-bond donors (Lipinski definition) is 2. The van der Waals surface area contributed by atoms with E-state index in [-0.39, 0.29) is 25.6 Å². The van der Waals surface area contributed by atoms with Gasteiger partial charge in [0.05, 0.1) is 18.8 Å². The lowest BCUT2D eigenvalue weighted by molar-refractivity contribution is -0.122. The first-order valence-corrected chi connectivity index (χ1v) is 10.7. The second-order valence-corrected chi connectivity index (χ2v) is 8.23. The van der Waals surface area contributed by atoms with Crippen LogP contribution in [0, 0.1) is 0 Å². The molecule has 8 nitrogen and oxygen atoms in total.